The summed E-state index contributed by atoms with van der Waals surface area (Å²) in [5.74, 6) is -0.0603. The van der Waals surface area contributed by atoms with Crippen molar-refractivity contribution in [1.82, 2.24) is 10.3 Å². The number of pyridine rings is 1. The Hall–Kier alpha value is -1.42. The molecule has 4 nitrogen and oxygen atoms in total. The van der Waals surface area contributed by atoms with E-state index in [-0.39, 0.29) is 17.0 Å². The third-order valence-electron chi connectivity index (χ3n) is 4.62. The van der Waals surface area contributed by atoms with Crippen molar-refractivity contribution < 1.29 is 4.79 Å². The summed E-state index contributed by atoms with van der Waals surface area (Å²) in [6.45, 7) is 1.90. The Bertz CT molecular complexity index is 516. The van der Waals surface area contributed by atoms with Crippen LogP contribution in [-0.4, -0.2) is 22.0 Å². The van der Waals surface area contributed by atoms with Gasteiger partial charge >= 0.3 is 0 Å². The molecular formula is C15H21N3O. The third-order valence-corrected chi connectivity index (χ3v) is 4.62. The first-order valence-electron chi connectivity index (χ1n) is 7.06. The first-order chi connectivity index (χ1) is 9.00. The molecule has 0 aromatic carbocycles. The van der Waals surface area contributed by atoms with E-state index < -0.39 is 0 Å². The summed E-state index contributed by atoms with van der Waals surface area (Å²) in [6.07, 6.45) is 6.18. The lowest BCUT2D eigenvalue weighted by atomic mass is 9.79. The van der Waals surface area contributed by atoms with Crippen molar-refractivity contribution in [3.63, 3.8) is 0 Å². The Kier molecular flexibility index (Phi) is 2.86. The topological polar surface area (TPSA) is 68.0 Å². The molecule has 2 bridgehead atoms. The Labute approximate surface area is 113 Å². The Morgan fingerprint density at radius 3 is 2.95 bits per heavy atom. The van der Waals surface area contributed by atoms with Crippen molar-refractivity contribution in [1.29, 1.82) is 0 Å². The van der Waals surface area contributed by atoms with E-state index in [1.165, 1.54) is 0 Å². The van der Waals surface area contributed by atoms with Gasteiger partial charge in [0.15, 0.2) is 0 Å². The number of carbonyl (C=O) groups excluding carboxylic acids is 1. The number of hydrogen-bond donors (Lipinski definition) is 2. The van der Waals surface area contributed by atoms with Crippen LogP contribution in [0.15, 0.2) is 18.2 Å². The van der Waals surface area contributed by atoms with Gasteiger partial charge < -0.3 is 11.1 Å². The van der Waals surface area contributed by atoms with Crippen LogP contribution in [0.1, 0.15) is 54.7 Å². The highest BCUT2D eigenvalue weighted by atomic mass is 16.2. The van der Waals surface area contributed by atoms with Crippen molar-refractivity contribution in [2.24, 2.45) is 5.73 Å². The fourth-order valence-corrected chi connectivity index (χ4v) is 3.69. The second-order valence-corrected chi connectivity index (χ2v) is 6.29. The first-order valence-corrected chi connectivity index (χ1v) is 7.06. The maximum absolute atomic E-state index is 12.3. The van der Waals surface area contributed by atoms with E-state index in [2.05, 4.69) is 10.3 Å². The molecule has 2 atom stereocenters. The van der Waals surface area contributed by atoms with E-state index in [9.17, 15) is 4.79 Å². The number of rotatable bonds is 2. The summed E-state index contributed by atoms with van der Waals surface area (Å²) >= 11 is 0. The zero-order valence-electron chi connectivity index (χ0n) is 11.4. The van der Waals surface area contributed by atoms with Crippen molar-refractivity contribution in [3.8, 4) is 0 Å². The minimum atomic E-state index is -0.0878. The molecule has 1 amide bonds. The van der Waals surface area contributed by atoms with Crippen LogP contribution in [0.25, 0.3) is 0 Å². The highest BCUT2D eigenvalue weighted by molar-refractivity contribution is 5.92. The summed E-state index contributed by atoms with van der Waals surface area (Å²) < 4.78 is 0. The third kappa shape index (κ3) is 2.37. The fraction of sp³-hybridized carbons (Fsp3) is 0.600. The molecule has 3 rings (SSSR count). The van der Waals surface area contributed by atoms with Crippen LogP contribution in [0, 0.1) is 6.92 Å². The van der Waals surface area contributed by atoms with Crippen LogP contribution in [0.4, 0.5) is 0 Å². The van der Waals surface area contributed by atoms with Gasteiger partial charge in [-0.3, -0.25) is 4.79 Å². The van der Waals surface area contributed by atoms with Gasteiger partial charge in [0.25, 0.3) is 5.91 Å². The van der Waals surface area contributed by atoms with Crippen LogP contribution < -0.4 is 11.1 Å². The highest BCUT2D eigenvalue weighted by Crippen LogP contribution is 2.46. The maximum Gasteiger partial charge on any atom is 0.270 e. The van der Waals surface area contributed by atoms with Gasteiger partial charge in [-0.25, -0.2) is 4.98 Å². The summed E-state index contributed by atoms with van der Waals surface area (Å²) in [5.41, 5.74) is 7.60. The standard InChI is InChI=1S/C15H21N3O/c1-11-4-2-5-12(17-11)13(19)18-15-7-3-6-14(16,10-15)8-9-15/h2,4-5H,3,6-10,16H2,1H3,(H,18,19)/t14-,15+/m0/s1. The van der Waals surface area contributed by atoms with Crippen molar-refractivity contribution >= 4 is 5.91 Å². The quantitative estimate of drug-likeness (QED) is 0.852. The Morgan fingerprint density at radius 2 is 2.16 bits per heavy atom. The Balaban J connectivity index is 1.77. The molecule has 19 heavy (non-hydrogen) atoms. The lowest BCUT2D eigenvalue weighted by Gasteiger charge is -2.38. The van der Waals surface area contributed by atoms with Crippen LogP contribution in [-0.2, 0) is 0 Å². The second-order valence-electron chi connectivity index (χ2n) is 6.29. The van der Waals surface area contributed by atoms with E-state index in [1.807, 2.05) is 19.1 Å². The molecule has 2 aliphatic rings. The minimum absolute atomic E-state index is 0.0500. The van der Waals surface area contributed by atoms with Gasteiger partial charge in [-0.05, 0) is 57.6 Å². The van der Waals surface area contributed by atoms with E-state index >= 15 is 0 Å². The number of aryl methyl sites for hydroxylation is 1. The number of nitrogens with zero attached hydrogens (tertiary/aromatic N) is 1. The van der Waals surface area contributed by atoms with Crippen LogP contribution in [0.3, 0.4) is 0 Å². The molecule has 1 aromatic heterocycles. The zero-order valence-corrected chi connectivity index (χ0v) is 11.4. The molecule has 1 heterocycles. The van der Waals surface area contributed by atoms with Crippen LogP contribution in [0.5, 0.6) is 0 Å². The highest BCUT2D eigenvalue weighted by Gasteiger charge is 2.49. The van der Waals surface area contributed by atoms with Crippen LogP contribution in [0.2, 0.25) is 0 Å². The van der Waals surface area contributed by atoms with Crippen molar-refractivity contribution in [3.05, 3.63) is 29.6 Å². The van der Waals surface area contributed by atoms with Gasteiger partial charge in [-0.1, -0.05) is 6.07 Å². The number of carbonyl (C=O) groups is 1. The molecule has 2 aliphatic carbocycles. The van der Waals surface area contributed by atoms with Crippen LogP contribution >= 0.6 is 0 Å². The summed E-state index contributed by atoms with van der Waals surface area (Å²) in [6, 6.07) is 5.54. The number of nitrogens with one attached hydrogen (secondary N) is 1. The van der Waals surface area contributed by atoms with Gasteiger partial charge in [0.05, 0.1) is 0 Å². The summed E-state index contributed by atoms with van der Waals surface area (Å²) in [4.78, 5) is 16.6. The lowest BCUT2D eigenvalue weighted by molar-refractivity contribution is 0.0871. The van der Waals surface area contributed by atoms with E-state index in [1.54, 1.807) is 6.07 Å². The molecule has 0 unspecified atom stereocenters. The fourth-order valence-electron chi connectivity index (χ4n) is 3.69. The molecule has 4 heteroatoms. The van der Waals surface area contributed by atoms with Gasteiger partial charge in [0.2, 0.25) is 0 Å². The molecule has 3 N–H and O–H groups in total. The SMILES string of the molecule is Cc1cccc(C(=O)N[C@]23CCC[C@](N)(CC2)C3)n1. The van der Waals surface area contributed by atoms with E-state index in [4.69, 9.17) is 5.73 Å². The average molecular weight is 259 g/mol. The van der Waals surface area contributed by atoms with E-state index in [0.29, 0.717) is 5.69 Å². The number of amides is 1. The summed E-state index contributed by atoms with van der Waals surface area (Å²) in [5, 5.41) is 3.21. The molecule has 2 fully saturated rings. The number of nitrogens with two attached hydrogens (primary N) is 1. The predicted molar refractivity (Wildman–Crippen MR) is 73.8 cm³/mol. The van der Waals surface area contributed by atoms with Gasteiger partial charge in [0, 0.05) is 16.8 Å². The molecule has 0 radical (unpaired) electrons. The lowest BCUT2D eigenvalue weighted by Crippen LogP contribution is -2.52. The average Bonchev–Trinajstić information content (AvgIpc) is 2.59. The predicted octanol–water partition coefficient (Wildman–Crippen LogP) is 1.92. The van der Waals surface area contributed by atoms with Crippen molar-refractivity contribution in [2.45, 2.75) is 56.5 Å². The second kappa shape index (κ2) is 4.30. The number of hydrogen-bond acceptors (Lipinski definition) is 3. The molecule has 0 saturated heterocycles. The molecule has 102 valence electrons. The number of fused-ring (bicyclic) bond motifs is 2. The largest absolute Gasteiger partial charge is 0.345 e. The smallest absolute Gasteiger partial charge is 0.270 e. The minimum Gasteiger partial charge on any atom is -0.345 e. The monoisotopic (exact) mass is 259 g/mol. The maximum atomic E-state index is 12.3. The van der Waals surface area contributed by atoms with Gasteiger partial charge in [0.1, 0.15) is 5.69 Å². The number of aromatic nitrogens is 1. The van der Waals surface area contributed by atoms with E-state index in [0.717, 1.165) is 44.2 Å². The molecule has 0 aliphatic heterocycles. The van der Waals surface area contributed by atoms with Gasteiger partial charge in [-0.15, -0.1) is 0 Å². The Morgan fingerprint density at radius 1 is 1.32 bits per heavy atom. The molecule has 0 spiro atoms. The molecule has 2 saturated carbocycles. The summed E-state index contributed by atoms with van der Waals surface area (Å²) in [7, 11) is 0. The zero-order chi connectivity index (χ0) is 13.5. The first kappa shape index (κ1) is 12.6. The van der Waals surface area contributed by atoms with Crippen molar-refractivity contribution in [2.75, 3.05) is 0 Å². The normalized spacial score (nSPS) is 33.2. The van der Waals surface area contributed by atoms with Gasteiger partial charge in [-0.2, -0.15) is 0 Å². The molecule has 1 aromatic rings. The molecular weight excluding hydrogens is 238 g/mol.